The average Bonchev–Trinajstić information content (AvgIpc) is 3.14. The van der Waals surface area contributed by atoms with Crippen molar-refractivity contribution >= 4 is 34.7 Å². The number of anilines is 1. The number of carbonyl (C=O) groups excluding carboxylic acids is 2. The number of nitrogens with zero attached hydrogens (tertiary/aromatic N) is 1. The van der Waals surface area contributed by atoms with Crippen molar-refractivity contribution in [1.29, 1.82) is 0 Å². The van der Waals surface area contributed by atoms with Gasteiger partial charge in [0.05, 0.1) is 32.4 Å². The Morgan fingerprint density at radius 2 is 1.63 bits per heavy atom. The zero-order valence-electron chi connectivity index (χ0n) is 19.4. The lowest BCUT2D eigenvalue weighted by Crippen LogP contribution is -2.29. The van der Waals surface area contributed by atoms with Crippen molar-refractivity contribution < 1.29 is 28.9 Å². The second-order valence-electron chi connectivity index (χ2n) is 7.72. The first-order valence-electron chi connectivity index (χ1n) is 10.9. The third-order valence-corrected chi connectivity index (χ3v) is 5.97. The molecule has 1 aliphatic rings. The van der Waals surface area contributed by atoms with Crippen LogP contribution in [-0.4, -0.2) is 37.6 Å². The molecule has 8 heteroatoms. The number of halogens is 1. The summed E-state index contributed by atoms with van der Waals surface area (Å²) in [5, 5.41) is 11.7. The van der Waals surface area contributed by atoms with Gasteiger partial charge in [0.15, 0.2) is 11.5 Å². The van der Waals surface area contributed by atoms with Crippen LogP contribution in [0.3, 0.4) is 0 Å². The van der Waals surface area contributed by atoms with Crippen molar-refractivity contribution in [2.75, 3.05) is 25.7 Å². The number of hydrogen-bond acceptors (Lipinski definition) is 6. The van der Waals surface area contributed by atoms with Crippen molar-refractivity contribution in [2.24, 2.45) is 0 Å². The van der Waals surface area contributed by atoms with Crippen LogP contribution in [0.4, 0.5) is 5.69 Å². The Kier molecular flexibility index (Phi) is 6.98. The highest BCUT2D eigenvalue weighted by atomic mass is 35.5. The van der Waals surface area contributed by atoms with Crippen LogP contribution in [0.2, 0.25) is 5.02 Å². The highest BCUT2D eigenvalue weighted by molar-refractivity contribution is 6.51. The number of hydrogen-bond donors (Lipinski definition) is 1. The summed E-state index contributed by atoms with van der Waals surface area (Å²) < 4.78 is 16.3. The maximum absolute atomic E-state index is 13.3. The molecule has 0 aromatic heterocycles. The summed E-state index contributed by atoms with van der Waals surface area (Å²) in [6.07, 6.45) is 0. The predicted octanol–water partition coefficient (Wildman–Crippen LogP) is 5.38. The van der Waals surface area contributed by atoms with E-state index in [0.29, 0.717) is 45.7 Å². The molecule has 4 rings (SSSR count). The van der Waals surface area contributed by atoms with Crippen LogP contribution < -0.4 is 19.1 Å². The maximum Gasteiger partial charge on any atom is 0.300 e. The lowest BCUT2D eigenvalue weighted by atomic mass is 9.94. The van der Waals surface area contributed by atoms with Crippen LogP contribution in [0.1, 0.15) is 24.1 Å². The fourth-order valence-electron chi connectivity index (χ4n) is 4.05. The SMILES string of the molecule is CCOc1cc(C2/C(=C(/O)c3ccc(Cl)cc3)C(=O)C(=O)N2c2ccc(OC)cc2)ccc1OC. The number of carbonyl (C=O) groups is 2. The number of methoxy groups -OCH3 is 2. The number of rotatable bonds is 7. The number of ether oxygens (including phenoxy) is 3. The van der Waals surface area contributed by atoms with Crippen LogP contribution in [-0.2, 0) is 9.59 Å². The maximum atomic E-state index is 13.3. The van der Waals surface area contributed by atoms with Crippen molar-refractivity contribution in [3.63, 3.8) is 0 Å². The largest absolute Gasteiger partial charge is 0.507 e. The zero-order chi connectivity index (χ0) is 25.1. The van der Waals surface area contributed by atoms with Gasteiger partial charge in [-0.3, -0.25) is 14.5 Å². The molecule has 3 aromatic rings. The highest BCUT2D eigenvalue weighted by Gasteiger charge is 2.47. The molecule has 0 radical (unpaired) electrons. The molecule has 1 saturated heterocycles. The number of benzene rings is 3. The van der Waals surface area contributed by atoms with E-state index >= 15 is 0 Å². The molecule has 1 unspecified atom stereocenters. The Morgan fingerprint density at radius 3 is 2.23 bits per heavy atom. The molecule has 3 aromatic carbocycles. The summed E-state index contributed by atoms with van der Waals surface area (Å²) in [5.74, 6) is -0.286. The fourth-order valence-corrected chi connectivity index (χ4v) is 4.18. The topological polar surface area (TPSA) is 85.3 Å². The van der Waals surface area contributed by atoms with Gasteiger partial charge in [-0.15, -0.1) is 0 Å². The van der Waals surface area contributed by atoms with Crippen molar-refractivity contribution in [3.05, 3.63) is 88.5 Å². The van der Waals surface area contributed by atoms with Crippen LogP contribution in [0.25, 0.3) is 5.76 Å². The molecular weight excluding hydrogens is 470 g/mol. The minimum absolute atomic E-state index is 0.0410. The number of aliphatic hydroxyl groups excluding tert-OH is 1. The second kappa shape index (κ2) is 10.1. The van der Waals surface area contributed by atoms with Gasteiger partial charge in [-0.1, -0.05) is 17.7 Å². The van der Waals surface area contributed by atoms with Gasteiger partial charge in [-0.25, -0.2) is 0 Å². The molecule has 0 bridgehead atoms. The fraction of sp³-hybridized carbons (Fsp3) is 0.185. The van der Waals surface area contributed by atoms with E-state index in [1.54, 1.807) is 73.8 Å². The van der Waals surface area contributed by atoms with E-state index in [4.69, 9.17) is 25.8 Å². The molecule has 1 N–H and O–H groups in total. The van der Waals surface area contributed by atoms with E-state index in [1.807, 2.05) is 6.92 Å². The Hall–Kier alpha value is -3.97. The molecule has 180 valence electrons. The Bertz CT molecular complexity index is 1280. The van der Waals surface area contributed by atoms with Gasteiger partial charge in [0.2, 0.25) is 0 Å². The summed E-state index contributed by atoms with van der Waals surface area (Å²) in [6.45, 7) is 2.24. The molecule has 35 heavy (non-hydrogen) atoms. The van der Waals surface area contributed by atoms with E-state index in [9.17, 15) is 14.7 Å². The molecule has 0 saturated carbocycles. The summed E-state index contributed by atoms with van der Waals surface area (Å²) in [5.41, 5.74) is 1.37. The number of aliphatic hydroxyl groups is 1. The van der Waals surface area contributed by atoms with Crippen LogP contribution in [0, 0.1) is 0 Å². The minimum Gasteiger partial charge on any atom is -0.507 e. The van der Waals surface area contributed by atoms with Crippen molar-refractivity contribution in [2.45, 2.75) is 13.0 Å². The first-order chi connectivity index (χ1) is 16.9. The standard InChI is InChI=1S/C27H24ClNO6/c1-4-35-22-15-17(7-14-21(22)34-3)24-23(25(30)16-5-8-18(28)9-6-16)26(31)27(32)29(24)19-10-12-20(33-2)13-11-19/h5-15,24,30H,4H2,1-3H3/b25-23-. The van der Waals surface area contributed by atoms with Gasteiger partial charge in [0, 0.05) is 16.3 Å². The predicted molar refractivity (Wildman–Crippen MR) is 133 cm³/mol. The van der Waals surface area contributed by atoms with Crippen molar-refractivity contribution in [1.82, 2.24) is 0 Å². The van der Waals surface area contributed by atoms with E-state index < -0.39 is 17.7 Å². The van der Waals surface area contributed by atoms with Crippen molar-refractivity contribution in [3.8, 4) is 17.2 Å². The summed E-state index contributed by atoms with van der Waals surface area (Å²) in [7, 11) is 3.07. The molecule has 1 atom stereocenters. The van der Waals surface area contributed by atoms with Crippen LogP contribution >= 0.6 is 11.6 Å². The molecule has 1 aliphatic heterocycles. The summed E-state index contributed by atoms with van der Waals surface area (Å²) in [6, 6.07) is 17.4. The van der Waals surface area contributed by atoms with Gasteiger partial charge < -0.3 is 19.3 Å². The highest BCUT2D eigenvalue weighted by Crippen LogP contribution is 2.44. The van der Waals surface area contributed by atoms with Gasteiger partial charge in [0.25, 0.3) is 11.7 Å². The molecule has 1 amide bonds. The molecular formula is C27H24ClNO6. The Labute approximate surface area is 208 Å². The van der Waals surface area contributed by atoms with E-state index in [-0.39, 0.29) is 11.3 Å². The normalized spacial score (nSPS) is 16.9. The molecule has 0 aliphatic carbocycles. The minimum atomic E-state index is -0.913. The third kappa shape index (κ3) is 4.55. The molecule has 1 heterocycles. The van der Waals surface area contributed by atoms with E-state index in [1.165, 1.54) is 12.0 Å². The van der Waals surface area contributed by atoms with Gasteiger partial charge in [-0.05, 0) is 73.2 Å². The Morgan fingerprint density at radius 1 is 0.943 bits per heavy atom. The van der Waals surface area contributed by atoms with E-state index in [0.717, 1.165) is 0 Å². The lowest BCUT2D eigenvalue weighted by molar-refractivity contribution is -0.132. The van der Waals surface area contributed by atoms with E-state index in [2.05, 4.69) is 0 Å². The number of amides is 1. The van der Waals surface area contributed by atoms with Crippen LogP contribution in [0.15, 0.2) is 72.3 Å². The smallest absolute Gasteiger partial charge is 0.300 e. The average molecular weight is 494 g/mol. The third-order valence-electron chi connectivity index (χ3n) is 5.72. The number of ketones is 1. The Balaban J connectivity index is 1.94. The first-order valence-corrected chi connectivity index (χ1v) is 11.3. The summed E-state index contributed by atoms with van der Waals surface area (Å²) >= 11 is 5.99. The zero-order valence-corrected chi connectivity index (χ0v) is 20.2. The lowest BCUT2D eigenvalue weighted by Gasteiger charge is -2.26. The van der Waals surface area contributed by atoms with Crippen LogP contribution in [0.5, 0.6) is 17.2 Å². The summed E-state index contributed by atoms with van der Waals surface area (Å²) in [4.78, 5) is 28.0. The number of Topliss-reactive ketones (excluding diaryl/α,β-unsaturated/α-hetero) is 1. The molecule has 7 nitrogen and oxygen atoms in total. The first kappa shape index (κ1) is 24.2. The van der Waals surface area contributed by atoms with Gasteiger partial charge >= 0.3 is 0 Å². The second-order valence-corrected chi connectivity index (χ2v) is 8.15. The quantitative estimate of drug-likeness (QED) is 0.270. The van der Waals surface area contributed by atoms with Gasteiger partial charge in [-0.2, -0.15) is 0 Å². The monoisotopic (exact) mass is 493 g/mol. The molecule has 1 fully saturated rings. The van der Waals surface area contributed by atoms with Gasteiger partial charge in [0.1, 0.15) is 11.5 Å². The molecule has 0 spiro atoms.